The number of esters is 1. The topological polar surface area (TPSA) is 52.6 Å². The van der Waals surface area contributed by atoms with E-state index in [0.29, 0.717) is 23.5 Å². The highest BCUT2D eigenvalue weighted by atomic mass is 32.2. The van der Waals surface area contributed by atoms with Crippen LogP contribution in [0, 0.1) is 0 Å². The van der Waals surface area contributed by atoms with Crippen LogP contribution in [0.1, 0.15) is 28.1 Å². The monoisotopic (exact) mass is 268 g/mol. The van der Waals surface area contributed by atoms with E-state index < -0.39 is 5.25 Å². The quantitative estimate of drug-likeness (QED) is 0.586. The molecule has 4 nitrogen and oxygen atoms in total. The molecule has 1 aromatic carbocycles. The van der Waals surface area contributed by atoms with Gasteiger partial charge < -0.3 is 9.47 Å². The summed E-state index contributed by atoms with van der Waals surface area (Å²) in [5.41, 5.74) is 1.17. The van der Waals surface area contributed by atoms with Crippen molar-refractivity contribution in [1.29, 1.82) is 0 Å². The van der Waals surface area contributed by atoms with E-state index in [9.17, 15) is 9.59 Å². The smallest absolute Gasteiger partial charge is 0.323 e. The van der Waals surface area contributed by atoms with Crippen molar-refractivity contribution < 1.29 is 19.1 Å². The molecule has 1 rings (SSSR count). The molecule has 0 saturated carbocycles. The number of thioether (sulfide) groups is 1. The third-order valence-electron chi connectivity index (χ3n) is 2.41. The van der Waals surface area contributed by atoms with Crippen LogP contribution in [0.25, 0.3) is 0 Å². The summed E-state index contributed by atoms with van der Waals surface area (Å²) in [6, 6.07) is 4.99. The van der Waals surface area contributed by atoms with Gasteiger partial charge in [0.25, 0.3) is 0 Å². The number of ether oxygens (including phenoxy) is 2. The summed E-state index contributed by atoms with van der Waals surface area (Å²) in [4.78, 5) is 22.7. The number of aldehydes is 1. The van der Waals surface area contributed by atoms with Gasteiger partial charge >= 0.3 is 5.97 Å². The van der Waals surface area contributed by atoms with Crippen LogP contribution in [0.3, 0.4) is 0 Å². The zero-order valence-electron chi connectivity index (χ0n) is 10.6. The van der Waals surface area contributed by atoms with Crippen molar-refractivity contribution in [2.75, 3.05) is 20.0 Å². The largest absolute Gasteiger partial charge is 0.496 e. The minimum atomic E-state index is -0.486. The lowest BCUT2D eigenvalue weighted by molar-refractivity contribution is -0.142. The Kier molecular flexibility index (Phi) is 5.71. The Morgan fingerprint density at radius 1 is 1.50 bits per heavy atom. The van der Waals surface area contributed by atoms with Crippen LogP contribution >= 0.6 is 11.8 Å². The van der Waals surface area contributed by atoms with Gasteiger partial charge in [0.15, 0.2) is 0 Å². The Labute approximate surface area is 111 Å². The van der Waals surface area contributed by atoms with Crippen LogP contribution in [0.2, 0.25) is 0 Å². The predicted molar refractivity (Wildman–Crippen MR) is 71.3 cm³/mol. The average molecular weight is 268 g/mol. The predicted octanol–water partition coefficient (Wildman–Crippen LogP) is 2.47. The number of benzene rings is 1. The lowest BCUT2D eigenvalue weighted by Gasteiger charge is -2.16. The Balaban J connectivity index is 3.17. The minimum Gasteiger partial charge on any atom is -0.496 e. The molecule has 0 bridgehead atoms. The number of rotatable bonds is 6. The molecule has 0 fully saturated rings. The second kappa shape index (κ2) is 7.06. The van der Waals surface area contributed by atoms with Gasteiger partial charge in [-0.1, -0.05) is 0 Å². The average Bonchev–Trinajstić information content (AvgIpc) is 2.39. The van der Waals surface area contributed by atoms with E-state index in [2.05, 4.69) is 0 Å². The van der Waals surface area contributed by atoms with Crippen LogP contribution in [-0.4, -0.2) is 32.2 Å². The number of methoxy groups -OCH3 is 1. The van der Waals surface area contributed by atoms with E-state index in [1.807, 2.05) is 6.26 Å². The molecule has 0 N–H and O–H groups in total. The molecule has 0 aliphatic rings. The van der Waals surface area contributed by atoms with Gasteiger partial charge in [-0.05, 0) is 31.4 Å². The number of carbonyl (C=O) groups is 2. The zero-order valence-corrected chi connectivity index (χ0v) is 11.5. The van der Waals surface area contributed by atoms with Crippen molar-refractivity contribution in [3.63, 3.8) is 0 Å². The second-order valence-corrected chi connectivity index (χ2v) is 4.43. The highest BCUT2D eigenvalue weighted by Gasteiger charge is 2.24. The maximum Gasteiger partial charge on any atom is 0.323 e. The van der Waals surface area contributed by atoms with Crippen LogP contribution in [0.4, 0.5) is 0 Å². The van der Waals surface area contributed by atoms with Gasteiger partial charge in [-0.25, -0.2) is 0 Å². The molecule has 0 saturated heterocycles. The number of carbonyl (C=O) groups excluding carboxylic acids is 2. The lowest BCUT2D eigenvalue weighted by Crippen LogP contribution is -2.14. The Bertz CT molecular complexity index is 431. The first kappa shape index (κ1) is 14.6. The molecule has 0 amide bonds. The fourth-order valence-electron chi connectivity index (χ4n) is 1.60. The van der Waals surface area contributed by atoms with Crippen molar-refractivity contribution in [3.05, 3.63) is 29.3 Å². The van der Waals surface area contributed by atoms with Crippen molar-refractivity contribution in [1.82, 2.24) is 0 Å². The summed E-state index contributed by atoms with van der Waals surface area (Å²) in [5.74, 6) is 0.249. The van der Waals surface area contributed by atoms with Crippen LogP contribution in [0.5, 0.6) is 5.75 Å². The molecule has 1 aromatic rings. The molecule has 0 radical (unpaired) electrons. The Hall–Kier alpha value is -1.49. The first-order valence-electron chi connectivity index (χ1n) is 5.50. The van der Waals surface area contributed by atoms with Gasteiger partial charge in [0, 0.05) is 11.1 Å². The Morgan fingerprint density at radius 2 is 2.22 bits per heavy atom. The summed E-state index contributed by atoms with van der Waals surface area (Å²) < 4.78 is 10.2. The van der Waals surface area contributed by atoms with Gasteiger partial charge in [-0.2, -0.15) is 0 Å². The van der Waals surface area contributed by atoms with E-state index in [1.54, 1.807) is 25.1 Å². The van der Waals surface area contributed by atoms with Gasteiger partial charge in [-0.15, -0.1) is 11.8 Å². The molecule has 18 heavy (non-hydrogen) atoms. The van der Waals surface area contributed by atoms with Crippen LogP contribution < -0.4 is 4.74 Å². The van der Waals surface area contributed by atoms with E-state index in [-0.39, 0.29) is 5.97 Å². The second-order valence-electron chi connectivity index (χ2n) is 3.49. The molecule has 1 unspecified atom stereocenters. The lowest BCUT2D eigenvalue weighted by atomic mass is 10.1. The third-order valence-corrected chi connectivity index (χ3v) is 3.33. The van der Waals surface area contributed by atoms with E-state index >= 15 is 0 Å². The summed E-state index contributed by atoms with van der Waals surface area (Å²) in [6.45, 7) is 2.08. The summed E-state index contributed by atoms with van der Waals surface area (Å²) in [6.07, 6.45) is 2.56. The van der Waals surface area contributed by atoms with Gasteiger partial charge in [-0.3, -0.25) is 9.59 Å². The minimum absolute atomic E-state index is 0.325. The molecule has 0 heterocycles. The molecular weight excluding hydrogens is 252 g/mol. The molecule has 0 spiro atoms. The van der Waals surface area contributed by atoms with E-state index in [4.69, 9.17) is 9.47 Å². The molecular formula is C13H16O4S. The fourth-order valence-corrected chi connectivity index (χ4v) is 2.30. The van der Waals surface area contributed by atoms with Crippen molar-refractivity contribution in [3.8, 4) is 5.75 Å². The molecule has 1 atom stereocenters. The van der Waals surface area contributed by atoms with Crippen molar-refractivity contribution >= 4 is 24.0 Å². The van der Waals surface area contributed by atoms with Gasteiger partial charge in [0.05, 0.1) is 13.7 Å². The van der Waals surface area contributed by atoms with Gasteiger partial charge in [0.1, 0.15) is 17.3 Å². The molecule has 0 aliphatic carbocycles. The Morgan fingerprint density at radius 3 is 2.72 bits per heavy atom. The number of hydrogen-bond donors (Lipinski definition) is 0. The normalized spacial score (nSPS) is 11.7. The molecule has 0 aliphatic heterocycles. The SMILES string of the molecule is CCOC(=O)C(SC)c1cc(C=O)ccc1OC. The first-order chi connectivity index (χ1) is 8.67. The first-order valence-corrected chi connectivity index (χ1v) is 6.79. The van der Waals surface area contributed by atoms with Crippen molar-refractivity contribution in [2.45, 2.75) is 12.2 Å². The summed E-state index contributed by atoms with van der Waals surface area (Å²) >= 11 is 1.35. The maximum absolute atomic E-state index is 11.9. The van der Waals surface area contributed by atoms with Crippen molar-refractivity contribution in [2.24, 2.45) is 0 Å². The van der Waals surface area contributed by atoms with E-state index in [0.717, 1.165) is 6.29 Å². The molecule has 5 heteroatoms. The molecule has 98 valence electrons. The van der Waals surface area contributed by atoms with E-state index in [1.165, 1.54) is 18.9 Å². The third kappa shape index (κ3) is 3.26. The van der Waals surface area contributed by atoms with Crippen LogP contribution in [-0.2, 0) is 9.53 Å². The molecule has 0 aromatic heterocycles. The zero-order chi connectivity index (χ0) is 13.5. The number of hydrogen-bond acceptors (Lipinski definition) is 5. The fraction of sp³-hybridized carbons (Fsp3) is 0.385. The highest BCUT2D eigenvalue weighted by Crippen LogP contribution is 2.35. The van der Waals surface area contributed by atoms with Gasteiger partial charge in [0.2, 0.25) is 0 Å². The standard InChI is InChI=1S/C13H16O4S/c1-4-17-13(15)12(18-3)10-7-9(8-14)5-6-11(10)16-2/h5-8,12H,4H2,1-3H3. The van der Waals surface area contributed by atoms with Crippen LogP contribution in [0.15, 0.2) is 18.2 Å². The summed E-state index contributed by atoms with van der Waals surface area (Å²) in [5, 5.41) is -0.486. The summed E-state index contributed by atoms with van der Waals surface area (Å²) in [7, 11) is 1.53. The maximum atomic E-state index is 11.9. The highest BCUT2D eigenvalue weighted by molar-refractivity contribution is 7.99.